The fourth-order valence-corrected chi connectivity index (χ4v) is 2.27. The SMILES string of the molecule is O=C(/C=N/OCC(O)c1ccccc1)Nc1ccc2c(c1)OCCO2. The number of rotatable bonds is 6. The number of carbonyl (C=O) groups excluding carboxylic acids is 1. The Kier molecular flexibility index (Phi) is 5.48. The molecule has 3 rings (SSSR count). The van der Waals surface area contributed by atoms with Gasteiger partial charge in [0.25, 0.3) is 5.91 Å². The van der Waals surface area contributed by atoms with E-state index in [1.165, 1.54) is 0 Å². The minimum atomic E-state index is -0.806. The van der Waals surface area contributed by atoms with Crippen LogP contribution in [0.3, 0.4) is 0 Å². The molecule has 0 fully saturated rings. The van der Waals surface area contributed by atoms with Crippen molar-refractivity contribution in [3.63, 3.8) is 0 Å². The Labute approximate surface area is 144 Å². The summed E-state index contributed by atoms with van der Waals surface area (Å²) in [4.78, 5) is 16.8. The van der Waals surface area contributed by atoms with Gasteiger partial charge in [0.1, 0.15) is 32.1 Å². The highest BCUT2D eigenvalue weighted by molar-refractivity contribution is 6.31. The first kappa shape index (κ1) is 16.8. The molecule has 0 saturated carbocycles. The maximum absolute atomic E-state index is 11.8. The molecule has 1 atom stereocenters. The van der Waals surface area contributed by atoms with Gasteiger partial charge in [-0.1, -0.05) is 35.5 Å². The van der Waals surface area contributed by atoms with Crippen LogP contribution in [0, 0.1) is 0 Å². The molecule has 0 aliphatic carbocycles. The van der Waals surface area contributed by atoms with E-state index in [-0.39, 0.29) is 6.61 Å². The van der Waals surface area contributed by atoms with E-state index in [1.54, 1.807) is 30.3 Å². The van der Waals surface area contributed by atoms with Gasteiger partial charge >= 0.3 is 0 Å². The topological polar surface area (TPSA) is 89.4 Å². The zero-order chi connectivity index (χ0) is 17.5. The van der Waals surface area contributed by atoms with Gasteiger partial charge in [0.05, 0.1) is 0 Å². The number of anilines is 1. The van der Waals surface area contributed by atoms with Crippen LogP contribution >= 0.6 is 0 Å². The highest BCUT2D eigenvalue weighted by Crippen LogP contribution is 2.32. The Morgan fingerprint density at radius 2 is 1.96 bits per heavy atom. The van der Waals surface area contributed by atoms with Gasteiger partial charge in [0.2, 0.25) is 0 Å². The number of hydrogen-bond donors (Lipinski definition) is 2. The molecular weight excluding hydrogens is 324 g/mol. The fourth-order valence-electron chi connectivity index (χ4n) is 2.27. The third kappa shape index (κ3) is 4.71. The molecule has 1 heterocycles. The maximum atomic E-state index is 11.8. The van der Waals surface area contributed by atoms with E-state index >= 15 is 0 Å². The zero-order valence-corrected chi connectivity index (χ0v) is 13.4. The molecule has 2 N–H and O–H groups in total. The molecule has 7 heteroatoms. The van der Waals surface area contributed by atoms with Gasteiger partial charge in [-0.05, 0) is 17.7 Å². The summed E-state index contributed by atoms with van der Waals surface area (Å²) in [6.45, 7) is 0.943. The highest BCUT2D eigenvalue weighted by atomic mass is 16.6. The third-order valence-electron chi connectivity index (χ3n) is 3.47. The number of aliphatic hydroxyl groups is 1. The van der Waals surface area contributed by atoms with E-state index < -0.39 is 12.0 Å². The zero-order valence-electron chi connectivity index (χ0n) is 13.4. The van der Waals surface area contributed by atoms with Crippen molar-refractivity contribution in [2.75, 3.05) is 25.1 Å². The highest BCUT2D eigenvalue weighted by Gasteiger charge is 2.12. The molecule has 1 unspecified atom stereocenters. The first-order chi connectivity index (χ1) is 12.2. The molecule has 0 bridgehead atoms. The normalized spacial score (nSPS) is 14.1. The first-order valence-electron chi connectivity index (χ1n) is 7.81. The summed E-state index contributed by atoms with van der Waals surface area (Å²) in [5, 5.41) is 16.1. The number of ether oxygens (including phenoxy) is 2. The minimum absolute atomic E-state index is 0.0438. The number of nitrogens with one attached hydrogen (secondary N) is 1. The number of oxime groups is 1. The molecule has 130 valence electrons. The average Bonchev–Trinajstić information content (AvgIpc) is 2.65. The Morgan fingerprint density at radius 3 is 2.76 bits per heavy atom. The van der Waals surface area contributed by atoms with Crippen LogP contribution in [0.15, 0.2) is 53.7 Å². The van der Waals surface area contributed by atoms with E-state index in [9.17, 15) is 9.90 Å². The van der Waals surface area contributed by atoms with Crippen LogP contribution in [0.2, 0.25) is 0 Å². The van der Waals surface area contributed by atoms with Crippen molar-refractivity contribution in [2.24, 2.45) is 5.16 Å². The monoisotopic (exact) mass is 342 g/mol. The molecule has 7 nitrogen and oxygen atoms in total. The lowest BCUT2D eigenvalue weighted by molar-refractivity contribution is -0.110. The largest absolute Gasteiger partial charge is 0.486 e. The average molecular weight is 342 g/mol. The van der Waals surface area contributed by atoms with Gasteiger partial charge in [-0.2, -0.15) is 0 Å². The van der Waals surface area contributed by atoms with Crippen molar-refractivity contribution in [3.05, 3.63) is 54.1 Å². The van der Waals surface area contributed by atoms with Crippen LogP contribution < -0.4 is 14.8 Å². The number of aliphatic hydroxyl groups excluding tert-OH is 1. The van der Waals surface area contributed by atoms with E-state index in [0.717, 1.165) is 11.8 Å². The number of carbonyl (C=O) groups is 1. The van der Waals surface area contributed by atoms with E-state index in [4.69, 9.17) is 14.3 Å². The standard InChI is InChI=1S/C18H18N2O5/c21-15(13-4-2-1-3-5-13)12-25-19-11-18(22)20-14-6-7-16-17(10-14)24-9-8-23-16/h1-7,10-11,15,21H,8-9,12H2,(H,20,22)/b19-11+. The van der Waals surface area contributed by atoms with Gasteiger partial charge < -0.3 is 24.7 Å². The van der Waals surface area contributed by atoms with Gasteiger partial charge in [0.15, 0.2) is 11.5 Å². The second kappa shape index (κ2) is 8.16. The second-order valence-electron chi connectivity index (χ2n) is 5.30. The Balaban J connectivity index is 1.47. The molecule has 2 aromatic carbocycles. The van der Waals surface area contributed by atoms with Crippen molar-refractivity contribution < 1.29 is 24.2 Å². The van der Waals surface area contributed by atoms with Crippen molar-refractivity contribution in [1.82, 2.24) is 0 Å². The van der Waals surface area contributed by atoms with Crippen LogP contribution in [0.4, 0.5) is 5.69 Å². The Morgan fingerprint density at radius 1 is 1.20 bits per heavy atom. The Bertz CT molecular complexity index is 748. The van der Waals surface area contributed by atoms with E-state index in [2.05, 4.69) is 10.5 Å². The van der Waals surface area contributed by atoms with Crippen molar-refractivity contribution in [3.8, 4) is 11.5 Å². The molecule has 0 spiro atoms. The van der Waals surface area contributed by atoms with Gasteiger partial charge in [-0.25, -0.2) is 0 Å². The number of benzene rings is 2. The molecule has 1 amide bonds. The summed E-state index contributed by atoms with van der Waals surface area (Å²) in [5.74, 6) is 0.783. The second-order valence-corrected chi connectivity index (χ2v) is 5.30. The lowest BCUT2D eigenvalue weighted by atomic mass is 10.1. The lowest BCUT2D eigenvalue weighted by Crippen LogP contribution is -2.17. The quantitative estimate of drug-likeness (QED) is 0.620. The number of fused-ring (bicyclic) bond motifs is 1. The fraction of sp³-hybridized carbons (Fsp3) is 0.222. The molecule has 0 aromatic heterocycles. The van der Waals surface area contributed by atoms with Crippen LogP contribution in [0.1, 0.15) is 11.7 Å². The van der Waals surface area contributed by atoms with Crippen LogP contribution in [-0.2, 0) is 9.63 Å². The van der Waals surface area contributed by atoms with Crippen LogP contribution in [-0.4, -0.2) is 37.0 Å². The molecule has 2 aromatic rings. The van der Waals surface area contributed by atoms with Crippen LogP contribution in [0.25, 0.3) is 0 Å². The van der Waals surface area contributed by atoms with Crippen molar-refractivity contribution in [1.29, 1.82) is 0 Å². The summed E-state index contributed by atoms with van der Waals surface area (Å²) >= 11 is 0. The molecule has 0 saturated heterocycles. The van der Waals surface area contributed by atoms with Crippen LogP contribution in [0.5, 0.6) is 11.5 Å². The summed E-state index contributed by atoms with van der Waals surface area (Å²) in [5.41, 5.74) is 1.28. The summed E-state index contributed by atoms with van der Waals surface area (Å²) in [6.07, 6.45) is 0.202. The predicted octanol–water partition coefficient (Wildman–Crippen LogP) is 2.13. The first-order valence-corrected chi connectivity index (χ1v) is 7.81. The van der Waals surface area contributed by atoms with Gasteiger partial charge in [-0.3, -0.25) is 4.79 Å². The van der Waals surface area contributed by atoms with E-state index in [0.29, 0.717) is 30.4 Å². The van der Waals surface area contributed by atoms with Gasteiger partial charge in [0, 0.05) is 11.8 Å². The molecular formula is C18H18N2O5. The molecule has 25 heavy (non-hydrogen) atoms. The predicted molar refractivity (Wildman–Crippen MR) is 91.9 cm³/mol. The van der Waals surface area contributed by atoms with Gasteiger partial charge in [-0.15, -0.1) is 0 Å². The number of amides is 1. The minimum Gasteiger partial charge on any atom is -0.486 e. The number of nitrogens with zero attached hydrogens (tertiary/aromatic N) is 1. The summed E-state index contributed by atoms with van der Waals surface area (Å²) in [7, 11) is 0. The lowest BCUT2D eigenvalue weighted by Gasteiger charge is -2.18. The van der Waals surface area contributed by atoms with Crippen molar-refractivity contribution in [2.45, 2.75) is 6.10 Å². The smallest absolute Gasteiger partial charge is 0.270 e. The molecule has 0 radical (unpaired) electrons. The maximum Gasteiger partial charge on any atom is 0.270 e. The van der Waals surface area contributed by atoms with Crippen molar-refractivity contribution >= 4 is 17.8 Å². The molecule has 1 aliphatic rings. The number of hydrogen-bond acceptors (Lipinski definition) is 6. The third-order valence-corrected chi connectivity index (χ3v) is 3.47. The summed E-state index contributed by atoms with van der Waals surface area (Å²) in [6, 6.07) is 14.2. The van der Waals surface area contributed by atoms with E-state index in [1.807, 2.05) is 18.2 Å². The summed E-state index contributed by atoms with van der Waals surface area (Å²) < 4.78 is 10.9. The molecule has 1 aliphatic heterocycles. The Hall–Kier alpha value is -3.06.